The molecule has 4 nitrogen and oxygen atoms in total. The number of anilines is 1. The predicted molar refractivity (Wildman–Crippen MR) is 74.7 cm³/mol. The monoisotopic (exact) mass is 286 g/mol. The van der Waals surface area contributed by atoms with E-state index in [0.29, 0.717) is 0 Å². The number of hydrogen-bond acceptors (Lipinski definition) is 3. The molecule has 0 aliphatic rings. The van der Waals surface area contributed by atoms with Crippen molar-refractivity contribution in [2.45, 2.75) is 31.2 Å². The Bertz CT molecular complexity index is 577. The fourth-order valence-electron chi connectivity index (χ4n) is 1.69. The number of rotatable bonds is 4. The Balaban J connectivity index is 3.43. The Morgan fingerprint density at radius 3 is 2.47 bits per heavy atom. The summed E-state index contributed by atoms with van der Waals surface area (Å²) < 4.78 is 40.0. The topological polar surface area (TPSA) is 63.4 Å². The minimum absolute atomic E-state index is 0.0973. The van der Waals surface area contributed by atoms with E-state index in [2.05, 4.69) is 6.58 Å². The lowest BCUT2D eigenvalue weighted by molar-refractivity contribution is 0.269. The molecule has 106 valence electrons. The first-order chi connectivity index (χ1) is 8.60. The zero-order chi connectivity index (χ0) is 14.8. The number of benzene rings is 1. The zero-order valence-electron chi connectivity index (χ0n) is 11.4. The Kier molecular flexibility index (Phi) is 4.37. The molecule has 0 amide bonds. The second-order valence-corrected chi connectivity index (χ2v) is 7.02. The molecule has 0 bridgehead atoms. The Labute approximate surface area is 113 Å². The molecule has 1 rings (SSSR count). The lowest BCUT2D eigenvalue weighted by Crippen LogP contribution is -2.45. The summed E-state index contributed by atoms with van der Waals surface area (Å²) in [4.78, 5) is -0.413. The molecule has 0 aromatic heterocycles. The van der Waals surface area contributed by atoms with Gasteiger partial charge in [-0.1, -0.05) is 6.08 Å². The molecule has 0 fully saturated rings. The molecule has 0 atom stereocenters. The van der Waals surface area contributed by atoms with Crippen LogP contribution in [0.4, 0.5) is 10.1 Å². The van der Waals surface area contributed by atoms with E-state index in [1.165, 1.54) is 16.4 Å². The number of hydrogen-bond donors (Lipinski definition) is 1. The van der Waals surface area contributed by atoms with Crippen molar-refractivity contribution in [2.75, 3.05) is 12.3 Å². The molecule has 0 radical (unpaired) electrons. The van der Waals surface area contributed by atoms with Crippen molar-refractivity contribution < 1.29 is 12.8 Å². The summed E-state index contributed by atoms with van der Waals surface area (Å²) in [5.41, 5.74) is 5.05. The molecule has 2 N–H and O–H groups in total. The average molecular weight is 286 g/mol. The summed E-state index contributed by atoms with van der Waals surface area (Å²) in [7, 11) is -3.97. The number of nitrogen functional groups attached to an aromatic ring is 1. The Hall–Kier alpha value is -1.40. The van der Waals surface area contributed by atoms with Gasteiger partial charge in [0.05, 0.1) is 0 Å². The van der Waals surface area contributed by atoms with Crippen LogP contribution in [-0.2, 0) is 10.0 Å². The van der Waals surface area contributed by atoms with E-state index in [4.69, 9.17) is 5.73 Å². The highest BCUT2D eigenvalue weighted by molar-refractivity contribution is 7.89. The maximum absolute atomic E-state index is 13.8. The van der Waals surface area contributed by atoms with Gasteiger partial charge in [0.15, 0.2) is 0 Å². The van der Waals surface area contributed by atoms with Gasteiger partial charge < -0.3 is 5.73 Å². The van der Waals surface area contributed by atoms with Gasteiger partial charge in [-0.3, -0.25) is 0 Å². The molecule has 6 heteroatoms. The molecule has 0 spiro atoms. The molecule has 0 aliphatic carbocycles. The van der Waals surface area contributed by atoms with E-state index in [9.17, 15) is 12.8 Å². The fourth-order valence-corrected chi connectivity index (χ4v) is 3.55. The van der Waals surface area contributed by atoms with Crippen LogP contribution in [0.5, 0.6) is 0 Å². The van der Waals surface area contributed by atoms with Gasteiger partial charge in [0.2, 0.25) is 10.0 Å². The van der Waals surface area contributed by atoms with Crippen LogP contribution in [0.1, 0.15) is 20.8 Å². The SMILES string of the molecule is C=CCN(C(C)(C)C)S(=O)(=O)c1cc(N)ccc1F. The first kappa shape index (κ1) is 15.7. The minimum atomic E-state index is -3.97. The van der Waals surface area contributed by atoms with Crippen molar-refractivity contribution in [3.63, 3.8) is 0 Å². The summed E-state index contributed by atoms with van der Waals surface area (Å²) in [6.07, 6.45) is 1.47. The van der Waals surface area contributed by atoms with Crippen molar-refractivity contribution in [1.29, 1.82) is 0 Å². The molecular weight excluding hydrogens is 267 g/mol. The molecule has 0 aliphatic heterocycles. The van der Waals surface area contributed by atoms with Crippen LogP contribution in [0.25, 0.3) is 0 Å². The second kappa shape index (κ2) is 5.30. The maximum Gasteiger partial charge on any atom is 0.246 e. The van der Waals surface area contributed by atoms with Gasteiger partial charge in [-0.05, 0) is 39.0 Å². The maximum atomic E-state index is 13.8. The van der Waals surface area contributed by atoms with E-state index in [1.54, 1.807) is 20.8 Å². The summed E-state index contributed by atoms with van der Waals surface area (Å²) in [5.74, 6) is -0.812. The lowest BCUT2D eigenvalue weighted by Gasteiger charge is -2.33. The molecule has 0 unspecified atom stereocenters. The number of nitrogens with two attached hydrogens (primary N) is 1. The van der Waals surface area contributed by atoms with Crippen LogP contribution < -0.4 is 5.73 Å². The summed E-state index contributed by atoms with van der Waals surface area (Å²) in [5, 5.41) is 0. The van der Waals surface area contributed by atoms with Gasteiger partial charge in [0.25, 0.3) is 0 Å². The number of sulfonamides is 1. The predicted octanol–water partition coefficient (Wildman–Crippen LogP) is 2.38. The minimum Gasteiger partial charge on any atom is -0.399 e. The highest BCUT2D eigenvalue weighted by Crippen LogP contribution is 2.27. The third kappa shape index (κ3) is 3.33. The molecular formula is C13H19FN2O2S. The van der Waals surface area contributed by atoms with Crippen LogP contribution in [0, 0.1) is 5.82 Å². The van der Waals surface area contributed by atoms with Crippen LogP contribution in [0.15, 0.2) is 35.7 Å². The van der Waals surface area contributed by atoms with Crippen molar-refractivity contribution in [1.82, 2.24) is 4.31 Å². The van der Waals surface area contributed by atoms with Crippen molar-refractivity contribution >= 4 is 15.7 Å². The van der Waals surface area contributed by atoms with Crippen LogP contribution in [-0.4, -0.2) is 24.8 Å². The van der Waals surface area contributed by atoms with E-state index in [0.717, 1.165) is 12.1 Å². The fraction of sp³-hybridized carbons (Fsp3) is 0.385. The number of halogens is 1. The number of nitrogens with zero attached hydrogens (tertiary/aromatic N) is 1. The van der Waals surface area contributed by atoms with E-state index < -0.39 is 26.3 Å². The van der Waals surface area contributed by atoms with Gasteiger partial charge in [-0.2, -0.15) is 4.31 Å². The standard InChI is InChI=1S/C13H19FN2O2S/c1-5-8-16(13(2,3)4)19(17,18)12-9-10(15)6-7-11(12)14/h5-7,9H,1,8,15H2,2-4H3. The Morgan fingerprint density at radius 1 is 1.42 bits per heavy atom. The van der Waals surface area contributed by atoms with Gasteiger partial charge in [-0.15, -0.1) is 6.58 Å². The van der Waals surface area contributed by atoms with Gasteiger partial charge in [0, 0.05) is 17.8 Å². The molecule has 0 saturated heterocycles. The molecule has 1 aromatic carbocycles. The lowest BCUT2D eigenvalue weighted by atomic mass is 10.1. The summed E-state index contributed by atoms with van der Waals surface area (Å²) in [6, 6.07) is 3.51. The largest absolute Gasteiger partial charge is 0.399 e. The van der Waals surface area contributed by atoms with Crippen LogP contribution >= 0.6 is 0 Å². The third-order valence-electron chi connectivity index (χ3n) is 2.57. The van der Waals surface area contributed by atoms with Crippen molar-refractivity contribution in [2.24, 2.45) is 0 Å². The van der Waals surface area contributed by atoms with Crippen molar-refractivity contribution in [3.8, 4) is 0 Å². The summed E-state index contributed by atoms with van der Waals surface area (Å²) >= 11 is 0. The van der Waals surface area contributed by atoms with E-state index in [1.807, 2.05) is 0 Å². The highest BCUT2D eigenvalue weighted by Gasteiger charge is 2.34. The first-order valence-corrected chi connectivity index (χ1v) is 7.23. The molecule has 0 heterocycles. The molecule has 19 heavy (non-hydrogen) atoms. The second-order valence-electron chi connectivity index (χ2n) is 5.19. The van der Waals surface area contributed by atoms with Gasteiger partial charge >= 0.3 is 0 Å². The quantitative estimate of drug-likeness (QED) is 0.683. The van der Waals surface area contributed by atoms with Crippen LogP contribution in [0.2, 0.25) is 0 Å². The molecule has 1 aromatic rings. The van der Waals surface area contributed by atoms with Gasteiger partial charge in [-0.25, -0.2) is 12.8 Å². The normalized spacial score (nSPS) is 12.7. The zero-order valence-corrected chi connectivity index (χ0v) is 12.2. The summed E-state index contributed by atoms with van der Waals surface area (Å²) in [6.45, 7) is 8.84. The van der Waals surface area contributed by atoms with Gasteiger partial charge in [0.1, 0.15) is 10.7 Å². The molecule has 0 saturated carbocycles. The van der Waals surface area contributed by atoms with Crippen molar-refractivity contribution in [3.05, 3.63) is 36.7 Å². The van der Waals surface area contributed by atoms with E-state index in [-0.39, 0.29) is 12.2 Å². The first-order valence-electron chi connectivity index (χ1n) is 5.79. The average Bonchev–Trinajstić information content (AvgIpc) is 2.27. The Morgan fingerprint density at radius 2 is 2.00 bits per heavy atom. The van der Waals surface area contributed by atoms with E-state index >= 15 is 0 Å². The third-order valence-corrected chi connectivity index (χ3v) is 4.71. The van der Waals surface area contributed by atoms with Crippen LogP contribution in [0.3, 0.4) is 0 Å². The smallest absolute Gasteiger partial charge is 0.246 e. The highest BCUT2D eigenvalue weighted by atomic mass is 32.2.